The maximum absolute atomic E-state index is 12.7. The molecule has 1 heterocycles. The lowest BCUT2D eigenvalue weighted by Gasteiger charge is -2.33. The van der Waals surface area contributed by atoms with E-state index in [4.69, 9.17) is 15.2 Å². The van der Waals surface area contributed by atoms with E-state index < -0.39 is 0 Å². The second-order valence-electron chi connectivity index (χ2n) is 5.31. The first kappa shape index (κ1) is 15.6. The Morgan fingerprint density at radius 3 is 3.00 bits per heavy atom. The predicted molar refractivity (Wildman–Crippen MR) is 82.6 cm³/mol. The van der Waals surface area contributed by atoms with Crippen molar-refractivity contribution in [1.29, 1.82) is 0 Å². The van der Waals surface area contributed by atoms with Crippen molar-refractivity contribution in [2.75, 3.05) is 32.5 Å². The molecule has 0 aromatic heterocycles. The Morgan fingerprint density at radius 1 is 1.48 bits per heavy atom. The average Bonchev–Trinajstić information content (AvgIpc) is 2.52. The molecule has 1 aliphatic heterocycles. The fourth-order valence-electron chi connectivity index (χ4n) is 2.66. The number of likely N-dealkylation sites (tertiary alicyclic amines) is 1. The molecule has 5 nitrogen and oxygen atoms in total. The summed E-state index contributed by atoms with van der Waals surface area (Å²) in [5, 5.41) is 0. The van der Waals surface area contributed by atoms with Gasteiger partial charge in [-0.3, -0.25) is 4.79 Å². The number of hydrogen-bond donors (Lipinski definition) is 1. The maximum atomic E-state index is 12.7. The molecule has 1 unspecified atom stereocenters. The molecule has 21 heavy (non-hydrogen) atoms. The minimum atomic E-state index is -0.0380. The molecule has 1 aromatic carbocycles. The molecule has 0 radical (unpaired) electrons. The second kappa shape index (κ2) is 7.31. The third kappa shape index (κ3) is 3.67. The van der Waals surface area contributed by atoms with Crippen molar-refractivity contribution in [2.24, 2.45) is 0 Å². The van der Waals surface area contributed by atoms with Gasteiger partial charge < -0.3 is 20.1 Å². The molecular formula is C16H24N2O3. The lowest BCUT2D eigenvalue weighted by molar-refractivity contribution is 0.00202. The number of nitrogen functional groups attached to an aromatic ring is 1. The van der Waals surface area contributed by atoms with E-state index in [1.54, 1.807) is 18.2 Å². The summed E-state index contributed by atoms with van der Waals surface area (Å²) in [6.07, 6.45) is 3.10. The molecule has 1 atom stereocenters. The van der Waals surface area contributed by atoms with Gasteiger partial charge in [0.1, 0.15) is 0 Å². The van der Waals surface area contributed by atoms with Crippen LogP contribution in [-0.2, 0) is 4.74 Å². The summed E-state index contributed by atoms with van der Waals surface area (Å²) >= 11 is 0. The van der Waals surface area contributed by atoms with Gasteiger partial charge in [0.25, 0.3) is 5.91 Å². The van der Waals surface area contributed by atoms with Crippen molar-refractivity contribution in [2.45, 2.75) is 32.3 Å². The van der Waals surface area contributed by atoms with E-state index in [2.05, 4.69) is 6.92 Å². The number of carbonyl (C=O) groups excluding carboxylic acids is 1. The topological polar surface area (TPSA) is 64.8 Å². The van der Waals surface area contributed by atoms with Crippen LogP contribution in [0.25, 0.3) is 0 Å². The summed E-state index contributed by atoms with van der Waals surface area (Å²) in [4.78, 5) is 14.5. The normalized spacial score (nSPS) is 18.6. The largest absolute Gasteiger partial charge is 0.494 e. The summed E-state index contributed by atoms with van der Waals surface area (Å²) in [6, 6.07) is 5.27. The summed E-state index contributed by atoms with van der Waals surface area (Å²) in [6.45, 7) is 4.22. The lowest BCUT2D eigenvalue weighted by atomic mass is 10.1. The van der Waals surface area contributed by atoms with Gasteiger partial charge in [0.15, 0.2) is 5.75 Å². The quantitative estimate of drug-likeness (QED) is 0.846. The third-order valence-electron chi connectivity index (χ3n) is 3.70. The predicted octanol–water partition coefficient (Wildman–Crippen LogP) is 2.31. The van der Waals surface area contributed by atoms with E-state index >= 15 is 0 Å². The van der Waals surface area contributed by atoms with E-state index in [1.165, 1.54) is 7.11 Å². The van der Waals surface area contributed by atoms with Gasteiger partial charge in [-0.2, -0.15) is 0 Å². The number of para-hydroxylation sites is 1. The van der Waals surface area contributed by atoms with Crippen molar-refractivity contribution < 1.29 is 14.3 Å². The van der Waals surface area contributed by atoms with E-state index in [0.29, 0.717) is 23.5 Å². The number of rotatable bonds is 5. The van der Waals surface area contributed by atoms with E-state index in [9.17, 15) is 4.79 Å². The second-order valence-corrected chi connectivity index (χ2v) is 5.31. The fourth-order valence-corrected chi connectivity index (χ4v) is 2.66. The number of ether oxygens (including phenoxy) is 2. The number of carbonyl (C=O) groups is 1. The van der Waals surface area contributed by atoms with Gasteiger partial charge in [-0.05, 0) is 31.4 Å². The molecule has 0 saturated carbocycles. The van der Waals surface area contributed by atoms with Gasteiger partial charge in [0.2, 0.25) is 0 Å². The van der Waals surface area contributed by atoms with E-state index in [1.807, 2.05) is 4.90 Å². The lowest BCUT2D eigenvalue weighted by Crippen LogP contribution is -2.43. The van der Waals surface area contributed by atoms with Crippen LogP contribution in [0.4, 0.5) is 5.69 Å². The Morgan fingerprint density at radius 2 is 2.29 bits per heavy atom. The molecule has 0 spiro atoms. The Hall–Kier alpha value is -1.75. The number of anilines is 1. The van der Waals surface area contributed by atoms with Crippen LogP contribution in [0.5, 0.6) is 5.75 Å². The third-order valence-corrected chi connectivity index (χ3v) is 3.70. The van der Waals surface area contributed by atoms with Crippen LogP contribution in [0.2, 0.25) is 0 Å². The molecule has 1 fully saturated rings. The molecule has 2 N–H and O–H groups in total. The minimum absolute atomic E-state index is 0.0380. The van der Waals surface area contributed by atoms with Gasteiger partial charge in [-0.15, -0.1) is 0 Å². The molecule has 5 heteroatoms. The first-order chi connectivity index (χ1) is 10.2. The zero-order valence-corrected chi connectivity index (χ0v) is 12.8. The smallest absolute Gasteiger partial charge is 0.257 e. The van der Waals surface area contributed by atoms with E-state index in [-0.39, 0.29) is 12.0 Å². The molecule has 1 aromatic rings. The number of methoxy groups -OCH3 is 1. The summed E-state index contributed by atoms with van der Waals surface area (Å²) < 4.78 is 11.1. The van der Waals surface area contributed by atoms with Crippen molar-refractivity contribution in [3.8, 4) is 5.75 Å². The Bertz CT molecular complexity index is 490. The van der Waals surface area contributed by atoms with E-state index in [0.717, 1.165) is 32.4 Å². The minimum Gasteiger partial charge on any atom is -0.494 e. The number of nitrogens with zero attached hydrogens (tertiary/aromatic N) is 1. The zero-order valence-electron chi connectivity index (χ0n) is 12.8. The van der Waals surface area contributed by atoms with Gasteiger partial charge in [-0.1, -0.05) is 13.0 Å². The van der Waals surface area contributed by atoms with Crippen molar-refractivity contribution in [1.82, 2.24) is 4.90 Å². The van der Waals surface area contributed by atoms with Crippen LogP contribution in [0, 0.1) is 0 Å². The monoisotopic (exact) mass is 292 g/mol. The van der Waals surface area contributed by atoms with Gasteiger partial charge in [-0.25, -0.2) is 0 Å². The van der Waals surface area contributed by atoms with Crippen LogP contribution >= 0.6 is 0 Å². The van der Waals surface area contributed by atoms with Gasteiger partial charge in [0, 0.05) is 19.7 Å². The van der Waals surface area contributed by atoms with Gasteiger partial charge >= 0.3 is 0 Å². The van der Waals surface area contributed by atoms with Crippen molar-refractivity contribution in [3.05, 3.63) is 23.8 Å². The van der Waals surface area contributed by atoms with Crippen LogP contribution in [-0.4, -0.2) is 43.7 Å². The Balaban J connectivity index is 2.11. The molecular weight excluding hydrogens is 268 g/mol. The van der Waals surface area contributed by atoms with Crippen LogP contribution < -0.4 is 10.5 Å². The Kier molecular flexibility index (Phi) is 5.44. The number of benzene rings is 1. The molecule has 1 aliphatic rings. The highest BCUT2D eigenvalue weighted by molar-refractivity contribution is 5.98. The van der Waals surface area contributed by atoms with Crippen LogP contribution in [0.3, 0.4) is 0 Å². The maximum Gasteiger partial charge on any atom is 0.257 e. The van der Waals surface area contributed by atoms with Crippen LogP contribution in [0.1, 0.15) is 36.5 Å². The first-order valence-corrected chi connectivity index (χ1v) is 7.50. The SMILES string of the molecule is CCCOC1CCCN(C(=O)c2cccc(N)c2OC)C1. The number of piperidine rings is 1. The van der Waals surface area contributed by atoms with Crippen molar-refractivity contribution >= 4 is 11.6 Å². The highest BCUT2D eigenvalue weighted by Crippen LogP contribution is 2.28. The number of amides is 1. The molecule has 2 rings (SSSR count). The summed E-state index contributed by atoms with van der Waals surface area (Å²) in [5.74, 6) is 0.419. The standard InChI is InChI=1S/C16H24N2O3/c1-3-10-21-12-6-5-9-18(11-12)16(19)13-7-4-8-14(17)15(13)20-2/h4,7-8,12H,3,5-6,9-11,17H2,1-2H3. The zero-order chi connectivity index (χ0) is 15.2. The summed E-state index contributed by atoms with van der Waals surface area (Å²) in [7, 11) is 1.53. The van der Waals surface area contributed by atoms with Gasteiger partial charge in [0.05, 0.1) is 24.5 Å². The molecule has 1 amide bonds. The molecule has 0 bridgehead atoms. The average molecular weight is 292 g/mol. The van der Waals surface area contributed by atoms with Crippen LogP contribution in [0.15, 0.2) is 18.2 Å². The first-order valence-electron chi connectivity index (χ1n) is 7.50. The number of nitrogens with two attached hydrogens (primary N) is 1. The highest BCUT2D eigenvalue weighted by atomic mass is 16.5. The highest BCUT2D eigenvalue weighted by Gasteiger charge is 2.27. The number of hydrogen-bond acceptors (Lipinski definition) is 4. The van der Waals surface area contributed by atoms with Crippen molar-refractivity contribution in [3.63, 3.8) is 0 Å². The molecule has 1 saturated heterocycles. The Labute approximate surface area is 126 Å². The summed E-state index contributed by atoms with van der Waals surface area (Å²) in [5.41, 5.74) is 6.88. The fraction of sp³-hybridized carbons (Fsp3) is 0.562. The molecule has 0 aliphatic carbocycles. The molecule has 116 valence electrons.